The number of hydrogen-bond acceptors (Lipinski definition) is 4. The number of amides is 1. The van der Waals surface area contributed by atoms with Crippen LogP contribution in [0.2, 0.25) is 0 Å². The molecule has 1 aliphatic heterocycles. The summed E-state index contributed by atoms with van der Waals surface area (Å²) in [6.45, 7) is 0.861. The Morgan fingerprint density at radius 3 is 2.43 bits per heavy atom. The summed E-state index contributed by atoms with van der Waals surface area (Å²) in [5, 5.41) is 5.29. The first-order chi connectivity index (χ1) is 13.4. The number of halogens is 2. The van der Waals surface area contributed by atoms with Crippen molar-refractivity contribution in [1.82, 2.24) is 4.31 Å². The fourth-order valence-electron chi connectivity index (χ4n) is 2.98. The molecule has 3 rings (SSSR count). The van der Waals surface area contributed by atoms with Gasteiger partial charge < -0.3 is 10.6 Å². The number of benzene rings is 2. The van der Waals surface area contributed by atoms with Gasteiger partial charge in [0.25, 0.3) is 0 Å². The number of carbonyl (C=O) groups excluding carboxylic acids is 1. The number of sulfonamides is 1. The predicted molar refractivity (Wildman–Crippen MR) is 103 cm³/mol. The molecule has 0 saturated carbocycles. The molecule has 28 heavy (non-hydrogen) atoms. The summed E-state index contributed by atoms with van der Waals surface area (Å²) in [6.07, 6.45) is 2.73. The van der Waals surface area contributed by atoms with Gasteiger partial charge in [-0.25, -0.2) is 17.2 Å². The third-order valence-electron chi connectivity index (χ3n) is 4.44. The fraction of sp³-hybridized carbons (Fsp3) is 0.316. The van der Waals surface area contributed by atoms with E-state index in [9.17, 15) is 22.0 Å². The van der Waals surface area contributed by atoms with Gasteiger partial charge in [-0.05, 0) is 43.2 Å². The average Bonchev–Trinajstić information content (AvgIpc) is 2.70. The van der Waals surface area contributed by atoms with Crippen molar-refractivity contribution in [1.29, 1.82) is 0 Å². The summed E-state index contributed by atoms with van der Waals surface area (Å²) in [6, 6.07) is 9.33. The van der Waals surface area contributed by atoms with Crippen molar-refractivity contribution >= 4 is 27.3 Å². The molecule has 1 amide bonds. The molecule has 6 nitrogen and oxygen atoms in total. The van der Waals surface area contributed by atoms with E-state index in [2.05, 4.69) is 10.6 Å². The second kappa shape index (κ2) is 8.66. The van der Waals surface area contributed by atoms with Crippen molar-refractivity contribution < 1.29 is 22.0 Å². The van der Waals surface area contributed by atoms with Crippen molar-refractivity contribution in [2.75, 3.05) is 30.3 Å². The van der Waals surface area contributed by atoms with Crippen molar-refractivity contribution in [2.24, 2.45) is 0 Å². The predicted octanol–water partition coefficient (Wildman–Crippen LogP) is 3.19. The first kappa shape index (κ1) is 20.2. The molecule has 0 aromatic heterocycles. The second-order valence-corrected chi connectivity index (χ2v) is 8.46. The van der Waals surface area contributed by atoms with Crippen molar-refractivity contribution in [2.45, 2.75) is 24.2 Å². The maximum atomic E-state index is 13.2. The summed E-state index contributed by atoms with van der Waals surface area (Å²) >= 11 is 0. The van der Waals surface area contributed by atoms with Gasteiger partial charge in [-0.2, -0.15) is 4.31 Å². The Labute approximate surface area is 162 Å². The summed E-state index contributed by atoms with van der Waals surface area (Å²) in [7, 11) is -3.56. The first-order valence-corrected chi connectivity index (χ1v) is 10.4. The van der Waals surface area contributed by atoms with Crippen LogP contribution in [-0.4, -0.2) is 38.3 Å². The maximum absolute atomic E-state index is 13.2. The minimum Gasteiger partial charge on any atom is -0.376 e. The standard InChI is InChI=1S/C19H21F2N3O3S/c20-17-8-7-15(12-18(17)21)23-19(25)13-22-14-5-4-6-16(11-14)28(26,27)24-9-2-1-3-10-24/h4-8,11-12,22H,1-3,9-10,13H2,(H,23,25). The number of hydrogen-bond donors (Lipinski definition) is 2. The minimum atomic E-state index is -3.56. The molecule has 2 N–H and O–H groups in total. The van der Waals surface area contributed by atoms with E-state index in [1.165, 1.54) is 22.5 Å². The van der Waals surface area contributed by atoms with Crippen molar-refractivity contribution in [3.8, 4) is 0 Å². The van der Waals surface area contributed by atoms with E-state index >= 15 is 0 Å². The molecule has 2 aromatic rings. The van der Waals surface area contributed by atoms with Crippen LogP contribution in [0.25, 0.3) is 0 Å². The Hall–Kier alpha value is -2.52. The summed E-state index contributed by atoms with van der Waals surface area (Å²) < 4.78 is 53.0. The molecule has 150 valence electrons. The molecule has 0 unspecified atom stereocenters. The van der Waals surface area contributed by atoms with Gasteiger partial charge in [0.2, 0.25) is 15.9 Å². The van der Waals surface area contributed by atoms with Gasteiger partial charge in [0.15, 0.2) is 11.6 Å². The smallest absolute Gasteiger partial charge is 0.243 e. The van der Waals surface area contributed by atoms with Crippen LogP contribution in [0.5, 0.6) is 0 Å². The zero-order valence-electron chi connectivity index (χ0n) is 15.1. The molecule has 0 bridgehead atoms. The molecule has 9 heteroatoms. The monoisotopic (exact) mass is 409 g/mol. The average molecular weight is 409 g/mol. The van der Waals surface area contributed by atoms with Crippen LogP contribution in [-0.2, 0) is 14.8 Å². The summed E-state index contributed by atoms with van der Waals surface area (Å²) in [5.74, 6) is -2.53. The molecule has 0 radical (unpaired) electrons. The normalized spacial score (nSPS) is 15.2. The maximum Gasteiger partial charge on any atom is 0.243 e. The van der Waals surface area contributed by atoms with E-state index in [0.29, 0.717) is 18.8 Å². The molecule has 0 atom stereocenters. The third kappa shape index (κ3) is 4.85. The largest absolute Gasteiger partial charge is 0.376 e. The third-order valence-corrected chi connectivity index (χ3v) is 6.34. The van der Waals surface area contributed by atoms with E-state index in [1.807, 2.05) is 0 Å². The number of nitrogens with zero attached hydrogens (tertiary/aromatic N) is 1. The van der Waals surface area contributed by atoms with Gasteiger partial charge in [0.1, 0.15) is 0 Å². The SMILES string of the molecule is O=C(CNc1cccc(S(=O)(=O)N2CCCCC2)c1)Nc1ccc(F)c(F)c1. The molecule has 1 aliphatic rings. The Morgan fingerprint density at radius 1 is 0.964 bits per heavy atom. The lowest BCUT2D eigenvalue weighted by atomic mass is 10.2. The minimum absolute atomic E-state index is 0.132. The van der Waals surface area contributed by atoms with Crippen LogP contribution in [0, 0.1) is 11.6 Å². The lowest BCUT2D eigenvalue weighted by Gasteiger charge is -2.26. The number of carbonyl (C=O) groups is 1. The molecular weight excluding hydrogens is 388 g/mol. The number of rotatable bonds is 6. The molecule has 0 spiro atoms. The van der Waals surface area contributed by atoms with E-state index in [1.54, 1.807) is 12.1 Å². The van der Waals surface area contributed by atoms with Gasteiger partial charge in [0.05, 0.1) is 11.4 Å². The topological polar surface area (TPSA) is 78.5 Å². The Kier molecular flexibility index (Phi) is 6.25. The van der Waals surface area contributed by atoms with Gasteiger partial charge in [-0.3, -0.25) is 4.79 Å². The fourth-order valence-corrected chi connectivity index (χ4v) is 4.55. The van der Waals surface area contributed by atoms with Crippen LogP contribution >= 0.6 is 0 Å². The quantitative estimate of drug-likeness (QED) is 0.768. The van der Waals surface area contributed by atoms with Crippen LogP contribution in [0.3, 0.4) is 0 Å². The first-order valence-electron chi connectivity index (χ1n) is 8.95. The lowest BCUT2D eigenvalue weighted by Crippen LogP contribution is -2.35. The van der Waals surface area contributed by atoms with Crippen LogP contribution in [0.1, 0.15) is 19.3 Å². The number of piperidine rings is 1. The summed E-state index contributed by atoms with van der Waals surface area (Å²) in [5.41, 5.74) is 0.602. The second-order valence-electron chi connectivity index (χ2n) is 6.52. The molecular formula is C19H21F2N3O3S. The van der Waals surface area contributed by atoms with Crippen LogP contribution in [0.4, 0.5) is 20.2 Å². The lowest BCUT2D eigenvalue weighted by molar-refractivity contribution is -0.114. The zero-order chi connectivity index (χ0) is 20.1. The zero-order valence-corrected chi connectivity index (χ0v) is 15.9. The van der Waals surface area contributed by atoms with Crippen LogP contribution < -0.4 is 10.6 Å². The number of anilines is 2. The van der Waals surface area contributed by atoms with Gasteiger partial charge in [0, 0.05) is 30.5 Å². The molecule has 1 saturated heterocycles. The highest BCUT2D eigenvalue weighted by Gasteiger charge is 2.25. The van der Waals surface area contributed by atoms with E-state index in [4.69, 9.17) is 0 Å². The van der Waals surface area contributed by atoms with Crippen molar-refractivity contribution in [3.63, 3.8) is 0 Å². The van der Waals surface area contributed by atoms with E-state index in [-0.39, 0.29) is 17.1 Å². The molecule has 0 aliphatic carbocycles. The molecule has 1 fully saturated rings. The van der Waals surface area contributed by atoms with Crippen molar-refractivity contribution in [3.05, 3.63) is 54.1 Å². The van der Waals surface area contributed by atoms with Gasteiger partial charge in [-0.1, -0.05) is 12.5 Å². The van der Waals surface area contributed by atoms with Gasteiger partial charge in [-0.15, -0.1) is 0 Å². The Balaban J connectivity index is 1.62. The highest BCUT2D eigenvalue weighted by Crippen LogP contribution is 2.23. The van der Waals surface area contributed by atoms with Crippen LogP contribution in [0.15, 0.2) is 47.4 Å². The molecule has 1 heterocycles. The van der Waals surface area contributed by atoms with Gasteiger partial charge >= 0.3 is 0 Å². The van der Waals surface area contributed by atoms with E-state index < -0.39 is 27.6 Å². The highest BCUT2D eigenvalue weighted by atomic mass is 32.2. The molecule has 2 aromatic carbocycles. The summed E-state index contributed by atoms with van der Waals surface area (Å²) in [4.78, 5) is 12.2. The Bertz CT molecular complexity index is 961. The number of nitrogens with one attached hydrogen (secondary N) is 2. The highest BCUT2D eigenvalue weighted by molar-refractivity contribution is 7.89. The van der Waals surface area contributed by atoms with E-state index in [0.717, 1.165) is 31.4 Å². The Morgan fingerprint density at radius 2 is 1.71 bits per heavy atom.